The van der Waals surface area contributed by atoms with Crippen molar-refractivity contribution in [3.05, 3.63) is 0 Å². The molecule has 1 saturated heterocycles. The van der Waals surface area contributed by atoms with E-state index in [1.807, 2.05) is 0 Å². The molecule has 1 unspecified atom stereocenters. The highest BCUT2D eigenvalue weighted by atomic mass is 35.5. The van der Waals surface area contributed by atoms with Crippen LogP contribution in [-0.2, 0) is 10.0 Å². The lowest BCUT2D eigenvalue weighted by molar-refractivity contribution is 0.259. The van der Waals surface area contributed by atoms with Crippen molar-refractivity contribution in [1.82, 2.24) is 4.31 Å². The topological polar surface area (TPSA) is 63.4 Å². The molecule has 6 heteroatoms. The Morgan fingerprint density at radius 1 is 1.50 bits per heavy atom. The van der Waals surface area contributed by atoms with Crippen molar-refractivity contribution in [3.63, 3.8) is 0 Å². The maximum absolute atomic E-state index is 11.2. The van der Waals surface area contributed by atoms with E-state index >= 15 is 0 Å². The third kappa shape index (κ3) is 4.13. The zero-order valence-electron chi connectivity index (χ0n) is 8.48. The van der Waals surface area contributed by atoms with Crippen molar-refractivity contribution in [1.29, 1.82) is 0 Å². The smallest absolute Gasteiger partial charge is 0.211 e. The van der Waals surface area contributed by atoms with Crippen LogP contribution in [0.2, 0.25) is 0 Å². The molecule has 0 bridgehead atoms. The first-order valence-electron chi connectivity index (χ1n) is 4.69. The number of nitrogens with zero attached hydrogens (tertiary/aromatic N) is 1. The van der Waals surface area contributed by atoms with Gasteiger partial charge >= 0.3 is 0 Å². The van der Waals surface area contributed by atoms with Crippen LogP contribution in [0.4, 0.5) is 0 Å². The van der Waals surface area contributed by atoms with E-state index in [-0.39, 0.29) is 12.4 Å². The molecule has 14 heavy (non-hydrogen) atoms. The minimum absolute atomic E-state index is 0. The Morgan fingerprint density at radius 2 is 2.14 bits per heavy atom. The summed E-state index contributed by atoms with van der Waals surface area (Å²) < 4.78 is 24.0. The molecule has 1 heterocycles. The second-order valence-corrected chi connectivity index (χ2v) is 5.69. The van der Waals surface area contributed by atoms with E-state index in [1.165, 1.54) is 6.26 Å². The molecule has 0 aromatic rings. The van der Waals surface area contributed by atoms with Crippen LogP contribution in [0, 0.1) is 5.92 Å². The number of rotatable bonds is 3. The summed E-state index contributed by atoms with van der Waals surface area (Å²) in [5.41, 5.74) is 5.45. The predicted molar refractivity (Wildman–Crippen MR) is 60.1 cm³/mol. The van der Waals surface area contributed by atoms with Gasteiger partial charge in [0.25, 0.3) is 0 Å². The third-order valence-electron chi connectivity index (χ3n) is 2.53. The van der Waals surface area contributed by atoms with E-state index in [0.29, 0.717) is 25.6 Å². The van der Waals surface area contributed by atoms with Gasteiger partial charge in [0.15, 0.2) is 0 Å². The van der Waals surface area contributed by atoms with Crippen LogP contribution in [0.5, 0.6) is 0 Å². The SMILES string of the molecule is CS(=O)(=O)N1CCCC(CCN)C1.Cl. The Morgan fingerprint density at radius 3 is 2.64 bits per heavy atom. The first-order chi connectivity index (χ1) is 6.04. The third-order valence-corrected chi connectivity index (χ3v) is 3.80. The Labute approximate surface area is 92.3 Å². The van der Waals surface area contributed by atoms with Crippen LogP contribution in [0.15, 0.2) is 0 Å². The zero-order valence-corrected chi connectivity index (χ0v) is 10.1. The largest absolute Gasteiger partial charge is 0.330 e. The molecule has 1 atom stereocenters. The molecule has 0 spiro atoms. The maximum Gasteiger partial charge on any atom is 0.211 e. The van der Waals surface area contributed by atoms with Crippen molar-refractivity contribution in [2.75, 3.05) is 25.9 Å². The molecule has 0 aromatic carbocycles. The molecule has 86 valence electrons. The summed E-state index contributed by atoms with van der Waals surface area (Å²) in [6, 6.07) is 0. The quantitative estimate of drug-likeness (QED) is 0.781. The summed E-state index contributed by atoms with van der Waals surface area (Å²) in [4.78, 5) is 0. The highest BCUT2D eigenvalue weighted by molar-refractivity contribution is 7.88. The first kappa shape index (κ1) is 14.2. The summed E-state index contributed by atoms with van der Waals surface area (Å²) in [6.45, 7) is 2.00. The fraction of sp³-hybridized carbons (Fsp3) is 1.00. The van der Waals surface area contributed by atoms with E-state index < -0.39 is 10.0 Å². The molecule has 1 fully saturated rings. The molecule has 1 rings (SSSR count). The Bertz CT molecular complexity index is 254. The summed E-state index contributed by atoms with van der Waals surface area (Å²) in [5.74, 6) is 0.466. The number of sulfonamides is 1. The fourth-order valence-electron chi connectivity index (χ4n) is 1.80. The molecular formula is C8H19ClN2O2S. The number of piperidine rings is 1. The number of hydrogen-bond acceptors (Lipinski definition) is 3. The molecule has 0 saturated carbocycles. The standard InChI is InChI=1S/C8H18N2O2S.ClH/c1-13(11,12)10-6-2-3-8(7-10)4-5-9;/h8H,2-7,9H2,1H3;1H. The lowest BCUT2D eigenvalue weighted by atomic mass is 9.96. The van der Waals surface area contributed by atoms with Crippen molar-refractivity contribution in [2.45, 2.75) is 19.3 Å². The molecule has 1 aliphatic rings. The number of hydrogen-bond donors (Lipinski definition) is 1. The van der Waals surface area contributed by atoms with E-state index in [2.05, 4.69) is 0 Å². The Balaban J connectivity index is 0.00000169. The molecular weight excluding hydrogens is 224 g/mol. The number of nitrogens with two attached hydrogens (primary N) is 1. The summed E-state index contributed by atoms with van der Waals surface area (Å²) >= 11 is 0. The van der Waals surface area contributed by atoms with Gasteiger partial charge in [0.2, 0.25) is 10.0 Å². The van der Waals surface area contributed by atoms with Gasteiger partial charge in [0.1, 0.15) is 0 Å². The summed E-state index contributed by atoms with van der Waals surface area (Å²) in [5, 5.41) is 0. The van der Waals surface area contributed by atoms with E-state index in [1.54, 1.807) is 4.31 Å². The minimum atomic E-state index is -2.98. The van der Waals surface area contributed by atoms with Gasteiger partial charge in [-0.15, -0.1) is 12.4 Å². The van der Waals surface area contributed by atoms with E-state index in [9.17, 15) is 8.42 Å². The first-order valence-corrected chi connectivity index (χ1v) is 6.54. The van der Waals surface area contributed by atoms with Gasteiger partial charge in [-0.25, -0.2) is 12.7 Å². The summed E-state index contributed by atoms with van der Waals surface area (Å²) in [7, 11) is -2.98. The van der Waals surface area contributed by atoms with Crippen LogP contribution in [0.1, 0.15) is 19.3 Å². The van der Waals surface area contributed by atoms with Crippen LogP contribution in [0.3, 0.4) is 0 Å². The van der Waals surface area contributed by atoms with Gasteiger partial charge in [0.05, 0.1) is 6.26 Å². The van der Waals surface area contributed by atoms with Crippen molar-refractivity contribution in [3.8, 4) is 0 Å². The predicted octanol–water partition coefficient (Wildman–Crippen LogP) is 0.429. The molecule has 0 amide bonds. The maximum atomic E-state index is 11.2. The zero-order chi connectivity index (χ0) is 9.90. The minimum Gasteiger partial charge on any atom is -0.330 e. The normalized spacial score (nSPS) is 24.3. The Kier molecular flexibility index (Phi) is 5.97. The van der Waals surface area contributed by atoms with Gasteiger partial charge in [-0.2, -0.15) is 0 Å². The molecule has 4 nitrogen and oxygen atoms in total. The summed E-state index contributed by atoms with van der Waals surface area (Å²) in [6.07, 6.45) is 4.30. The second-order valence-electron chi connectivity index (χ2n) is 3.71. The van der Waals surface area contributed by atoms with E-state index in [4.69, 9.17) is 5.73 Å². The van der Waals surface area contributed by atoms with Gasteiger partial charge in [-0.3, -0.25) is 0 Å². The second kappa shape index (κ2) is 5.90. The average Bonchev–Trinajstić information content (AvgIpc) is 2.04. The molecule has 0 radical (unpaired) electrons. The van der Waals surface area contributed by atoms with Crippen LogP contribution in [-0.4, -0.2) is 38.6 Å². The van der Waals surface area contributed by atoms with Crippen molar-refractivity contribution in [2.24, 2.45) is 11.7 Å². The lowest BCUT2D eigenvalue weighted by Crippen LogP contribution is -2.39. The molecule has 2 N–H and O–H groups in total. The molecule has 0 aromatic heterocycles. The van der Waals surface area contributed by atoms with Crippen LogP contribution >= 0.6 is 12.4 Å². The fourth-order valence-corrected chi connectivity index (χ4v) is 2.74. The van der Waals surface area contributed by atoms with Gasteiger partial charge < -0.3 is 5.73 Å². The van der Waals surface area contributed by atoms with Crippen LogP contribution in [0.25, 0.3) is 0 Å². The van der Waals surface area contributed by atoms with Crippen molar-refractivity contribution < 1.29 is 8.42 Å². The van der Waals surface area contributed by atoms with Gasteiger partial charge in [-0.1, -0.05) is 0 Å². The van der Waals surface area contributed by atoms with Crippen molar-refractivity contribution >= 4 is 22.4 Å². The van der Waals surface area contributed by atoms with Gasteiger partial charge in [0, 0.05) is 13.1 Å². The monoisotopic (exact) mass is 242 g/mol. The van der Waals surface area contributed by atoms with Crippen LogP contribution < -0.4 is 5.73 Å². The molecule has 1 aliphatic heterocycles. The number of halogens is 1. The average molecular weight is 243 g/mol. The Hall–Kier alpha value is 0.160. The highest BCUT2D eigenvalue weighted by Gasteiger charge is 2.24. The lowest BCUT2D eigenvalue weighted by Gasteiger charge is -2.30. The molecule has 0 aliphatic carbocycles. The highest BCUT2D eigenvalue weighted by Crippen LogP contribution is 2.20. The van der Waals surface area contributed by atoms with Gasteiger partial charge in [-0.05, 0) is 31.7 Å². The van der Waals surface area contributed by atoms with E-state index in [0.717, 1.165) is 19.3 Å².